The summed E-state index contributed by atoms with van der Waals surface area (Å²) in [4.78, 5) is 13.8. The molecule has 1 heterocycles. The summed E-state index contributed by atoms with van der Waals surface area (Å²) in [5, 5.41) is 11.2. The number of furan rings is 1. The van der Waals surface area contributed by atoms with Crippen molar-refractivity contribution in [3.8, 4) is 0 Å². The van der Waals surface area contributed by atoms with E-state index in [9.17, 15) is 9.90 Å². The summed E-state index contributed by atoms with van der Waals surface area (Å²) in [5.74, 6) is 0.0333. The Balaban J connectivity index is 2.38. The third-order valence-corrected chi connectivity index (χ3v) is 3.30. The molecule has 0 spiro atoms. The zero-order valence-electron chi connectivity index (χ0n) is 12.0. The Morgan fingerprint density at radius 1 is 1.45 bits per heavy atom. The number of amides is 1. The molecule has 0 fully saturated rings. The third-order valence-electron chi connectivity index (χ3n) is 3.06. The van der Waals surface area contributed by atoms with Crippen LogP contribution in [0.1, 0.15) is 30.0 Å². The van der Waals surface area contributed by atoms with E-state index in [1.807, 2.05) is 6.92 Å². The van der Waals surface area contributed by atoms with E-state index < -0.39 is 5.60 Å². The van der Waals surface area contributed by atoms with Gasteiger partial charge in [-0.3, -0.25) is 4.79 Å². The van der Waals surface area contributed by atoms with Crippen molar-refractivity contribution in [1.29, 1.82) is 0 Å². The Morgan fingerprint density at radius 2 is 2.10 bits per heavy atom. The van der Waals surface area contributed by atoms with Gasteiger partial charge in [0, 0.05) is 29.6 Å². The molecule has 2 aromatic rings. The molecule has 0 atom stereocenters. The van der Waals surface area contributed by atoms with Gasteiger partial charge in [0.1, 0.15) is 5.58 Å². The van der Waals surface area contributed by atoms with Crippen LogP contribution >= 0.6 is 11.6 Å². The maximum absolute atomic E-state index is 12.4. The SMILES string of the molecule is Cc1c(C(=O)N(C)CC(C)(C)O)oc2ccc(Cl)cc12. The monoisotopic (exact) mass is 295 g/mol. The van der Waals surface area contributed by atoms with Crippen LogP contribution in [0.15, 0.2) is 22.6 Å². The molecule has 0 saturated heterocycles. The number of aliphatic hydroxyl groups is 1. The number of rotatable bonds is 3. The van der Waals surface area contributed by atoms with Crippen LogP contribution in [0.4, 0.5) is 0 Å². The third kappa shape index (κ3) is 2.97. The Hall–Kier alpha value is -1.52. The fourth-order valence-electron chi connectivity index (χ4n) is 2.22. The van der Waals surface area contributed by atoms with E-state index in [2.05, 4.69) is 0 Å². The summed E-state index contributed by atoms with van der Waals surface area (Å²) < 4.78 is 5.62. The molecule has 4 nitrogen and oxygen atoms in total. The number of halogens is 1. The fourth-order valence-corrected chi connectivity index (χ4v) is 2.39. The molecule has 0 bridgehead atoms. The fraction of sp³-hybridized carbons (Fsp3) is 0.400. The van der Waals surface area contributed by atoms with Crippen molar-refractivity contribution < 1.29 is 14.3 Å². The quantitative estimate of drug-likeness (QED) is 0.946. The van der Waals surface area contributed by atoms with Crippen LogP contribution < -0.4 is 0 Å². The highest BCUT2D eigenvalue weighted by Gasteiger charge is 2.25. The molecule has 1 aromatic heterocycles. The van der Waals surface area contributed by atoms with Crippen molar-refractivity contribution in [2.75, 3.05) is 13.6 Å². The van der Waals surface area contributed by atoms with Gasteiger partial charge in [-0.05, 0) is 39.0 Å². The number of carbonyl (C=O) groups is 1. The van der Waals surface area contributed by atoms with Gasteiger partial charge in [-0.1, -0.05) is 11.6 Å². The molecule has 2 rings (SSSR count). The smallest absolute Gasteiger partial charge is 0.289 e. The average Bonchev–Trinajstić information content (AvgIpc) is 2.64. The Morgan fingerprint density at radius 3 is 2.70 bits per heavy atom. The normalized spacial score (nSPS) is 11.9. The molecule has 0 aliphatic rings. The molecular weight excluding hydrogens is 278 g/mol. The Bertz CT molecular complexity index is 655. The van der Waals surface area contributed by atoms with Gasteiger partial charge in [-0.15, -0.1) is 0 Å². The highest BCUT2D eigenvalue weighted by atomic mass is 35.5. The van der Waals surface area contributed by atoms with Crippen molar-refractivity contribution in [1.82, 2.24) is 4.90 Å². The molecular formula is C15H18ClNO3. The molecule has 0 saturated carbocycles. The Labute approximate surface area is 122 Å². The summed E-state index contributed by atoms with van der Waals surface area (Å²) in [6, 6.07) is 5.25. The Kier molecular flexibility index (Phi) is 3.80. The van der Waals surface area contributed by atoms with Crippen LogP contribution in [0.25, 0.3) is 11.0 Å². The lowest BCUT2D eigenvalue weighted by molar-refractivity contribution is 0.0352. The van der Waals surface area contributed by atoms with E-state index in [0.717, 1.165) is 10.9 Å². The lowest BCUT2D eigenvalue weighted by Gasteiger charge is -2.24. The van der Waals surface area contributed by atoms with Gasteiger partial charge < -0.3 is 14.4 Å². The van der Waals surface area contributed by atoms with Gasteiger partial charge in [-0.25, -0.2) is 0 Å². The summed E-state index contributed by atoms with van der Waals surface area (Å²) >= 11 is 5.96. The predicted molar refractivity (Wildman–Crippen MR) is 79.2 cm³/mol. The van der Waals surface area contributed by atoms with Crippen LogP contribution in [0, 0.1) is 6.92 Å². The number of nitrogens with zero attached hydrogens (tertiary/aromatic N) is 1. The van der Waals surface area contributed by atoms with Crippen LogP contribution in [0.2, 0.25) is 5.02 Å². The van der Waals surface area contributed by atoms with Crippen LogP contribution in [-0.4, -0.2) is 35.1 Å². The number of hydrogen-bond donors (Lipinski definition) is 1. The van der Waals surface area contributed by atoms with Gasteiger partial charge in [0.15, 0.2) is 5.76 Å². The predicted octanol–water partition coefficient (Wildman–Crippen LogP) is 3.24. The van der Waals surface area contributed by atoms with Crippen LogP contribution in [0.5, 0.6) is 0 Å². The second-order valence-electron chi connectivity index (χ2n) is 5.67. The molecule has 1 N–H and O–H groups in total. The van der Waals surface area contributed by atoms with E-state index in [-0.39, 0.29) is 18.2 Å². The molecule has 108 valence electrons. The summed E-state index contributed by atoms with van der Waals surface area (Å²) in [6.07, 6.45) is 0. The number of fused-ring (bicyclic) bond motifs is 1. The highest BCUT2D eigenvalue weighted by Crippen LogP contribution is 2.28. The summed E-state index contributed by atoms with van der Waals surface area (Å²) in [7, 11) is 1.64. The first-order valence-corrected chi connectivity index (χ1v) is 6.73. The molecule has 0 unspecified atom stereocenters. The standard InChI is InChI=1S/C15H18ClNO3/c1-9-11-7-10(16)5-6-12(11)20-13(9)14(18)17(4)8-15(2,3)19/h5-7,19H,8H2,1-4H3. The molecule has 0 aliphatic heterocycles. The number of aryl methyl sites for hydroxylation is 1. The minimum absolute atomic E-state index is 0.225. The summed E-state index contributed by atoms with van der Waals surface area (Å²) in [5.41, 5.74) is 0.440. The van der Waals surface area contributed by atoms with Crippen LogP contribution in [0.3, 0.4) is 0 Å². The molecule has 20 heavy (non-hydrogen) atoms. The summed E-state index contributed by atoms with van der Waals surface area (Å²) in [6.45, 7) is 5.36. The van der Waals surface area contributed by atoms with Gasteiger partial charge >= 0.3 is 0 Å². The minimum atomic E-state index is -0.951. The molecule has 1 aromatic carbocycles. The molecule has 0 radical (unpaired) electrons. The van der Waals surface area contributed by atoms with Crippen molar-refractivity contribution >= 4 is 28.5 Å². The molecule has 5 heteroatoms. The highest BCUT2D eigenvalue weighted by molar-refractivity contribution is 6.31. The number of benzene rings is 1. The van der Waals surface area contributed by atoms with Gasteiger partial charge in [0.05, 0.1) is 5.60 Å². The number of carbonyl (C=O) groups excluding carboxylic acids is 1. The average molecular weight is 296 g/mol. The number of hydrogen-bond acceptors (Lipinski definition) is 3. The minimum Gasteiger partial charge on any atom is -0.451 e. The van der Waals surface area contributed by atoms with Crippen LogP contribution in [-0.2, 0) is 0 Å². The second-order valence-corrected chi connectivity index (χ2v) is 6.11. The largest absolute Gasteiger partial charge is 0.451 e. The number of likely N-dealkylation sites (N-methyl/N-ethyl adjacent to an activating group) is 1. The first-order valence-electron chi connectivity index (χ1n) is 6.35. The maximum atomic E-state index is 12.4. The van der Waals surface area contributed by atoms with Crippen molar-refractivity contribution in [3.63, 3.8) is 0 Å². The van der Waals surface area contributed by atoms with E-state index in [0.29, 0.717) is 10.6 Å². The first kappa shape index (κ1) is 14.9. The molecule has 0 aliphatic carbocycles. The lowest BCUT2D eigenvalue weighted by Crippen LogP contribution is -2.39. The van der Waals surface area contributed by atoms with Crippen molar-refractivity contribution in [2.45, 2.75) is 26.4 Å². The van der Waals surface area contributed by atoms with E-state index >= 15 is 0 Å². The first-order chi connectivity index (χ1) is 9.19. The van der Waals surface area contributed by atoms with Crippen molar-refractivity contribution in [2.24, 2.45) is 0 Å². The maximum Gasteiger partial charge on any atom is 0.289 e. The van der Waals surface area contributed by atoms with E-state index in [4.69, 9.17) is 16.0 Å². The van der Waals surface area contributed by atoms with Crippen molar-refractivity contribution in [3.05, 3.63) is 34.5 Å². The topological polar surface area (TPSA) is 53.7 Å². The zero-order chi connectivity index (χ0) is 15.1. The lowest BCUT2D eigenvalue weighted by atomic mass is 10.1. The van der Waals surface area contributed by atoms with Gasteiger partial charge in [0.25, 0.3) is 5.91 Å². The molecule has 1 amide bonds. The zero-order valence-corrected chi connectivity index (χ0v) is 12.8. The van der Waals surface area contributed by atoms with Gasteiger partial charge in [-0.2, -0.15) is 0 Å². The second kappa shape index (κ2) is 5.11. The van der Waals surface area contributed by atoms with Gasteiger partial charge in [0.2, 0.25) is 0 Å². The van der Waals surface area contributed by atoms with E-state index in [1.165, 1.54) is 4.90 Å². The van der Waals surface area contributed by atoms with E-state index in [1.54, 1.807) is 39.1 Å².